The zero-order valence-corrected chi connectivity index (χ0v) is 8.82. The van der Waals surface area contributed by atoms with Crippen LogP contribution in [0.1, 0.15) is 12.8 Å². The van der Waals surface area contributed by atoms with E-state index in [1.807, 2.05) is 0 Å². The number of rotatable bonds is 2. The molecule has 0 aliphatic carbocycles. The van der Waals surface area contributed by atoms with Gasteiger partial charge in [0.1, 0.15) is 0 Å². The predicted octanol–water partition coefficient (Wildman–Crippen LogP) is -0.292. The molecule has 86 valence electrons. The molecule has 1 aliphatic heterocycles. The highest BCUT2D eigenvalue weighted by Gasteiger charge is 2.20. The van der Waals surface area contributed by atoms with Gasteiger partial charge in [-0.15, -0.1) is 0 Å². The number of amides is 1. The van der Waals surface area contributed by atoms with E-state index in [1.54, 1.807) is 0 Å². The molecule has 1 saturated heterocycles. The minimum absolute atomic E-state index is 0.0116. The van der Waals surface area contributed by atoms with Crippen LogP contribution < -0.4 is 16.2 Å². The molecule has 16 heavy (non-hydrogen) atoms. The first-order chi connectivity index (χ1) is 7.75. The number of hydrogen-bond donors (Lipinski definition) is 3. The van der Waals surface area contributed by atoms with Crippen LogP contribution in [0.2, 0.25) is 0 Å². The molecule has 1 amide bonds. The average molecular weight is 222 g/mol. The summed E-state index contributed by atoms with van der Waals surface area (Å²) in [4.78, 5) is 22.5. The van der Waals surface area contributed by atoms with Crippen molar-refractivity contribution in [1.82, 2.24) is 15.5 Å². The first kappa shape index (κ1) is 10.8. The summed E-state index contributed by atoms with van der Waals surface area (Å²) in [5.41, 5.74) is -0.280. The minimum atomic E-state index is -0.280. The molecular weight excluding hydrogens is 208 g/mol. The van der Waals surface area contributed by atoms with Gasteiger partial charge in [-0.1, -0.05) is 0 Å². The molecule has 0 saturated carbocycles. The summed E-state index contributed by atoms with van der Waals surface area (Å²) in [6, 6.07) is 2.83. The van der Waals surface area contributed by atoms with E-state index in [-0.39, 0.29) is 17.4 Å². The largest absolute Gasteiger partial charge is 0.316 e. The molecule has 3 N–H and O–H groups in total. The summed E-state index contributed by atoms with van der Waals surface area (Å²) in [5, 5.41) is 11.8. The van der Waals surface area contributed by atoms with Crippen LogP contribution in [0, 0.1) is 5.92 Å². The van der Waals surface area contributed by atoms with Gasteiger partial charge < -0.3 is 10.6 Å². The number of carbonyl (C=O) groups excluding carboxylic acids is 1. The maximum absolute atomic E-state index is 11.8. The average Bonchev–Trinajstić information content (AvgIpc) is 2.33. The Morgan fingerprint density at radius 3 is 3.00 bits per heavy atom. The third-order valence-corrected chi connectivity index (χ3v) is 2.60. The fourth-order valence-corrected chi connectivity index (χ4v) is 1.72. The van der Waals surface area contributed by atoms with Crippen molar-refractivity contribution in [3.05, 3.63) is 22.5 Å². The maximum Gasteiger partial charge on any atom is 0.264 e. The van der Waals surface area contributed by atoms with E-state index in [1.165, 1.54) is 12.1 Å². The van der Waals surface area contributed by atoms with Gasteiger partial charge >= 0.3 is 0 Å². The van der Waals surface area contributed by atoms with E-state index in [2.05, 4.69) is 20.8 Å². The molecule has 0 bridgehead atoms. The maximum atomic E-state index is 11.8. The first-order valence-electron chi connectivity index (χ1n) is 5.33. The molecule has 0 unspecified atom stereocenters. The van der Waals surface area contributed by atoms with Crippen molar-refractivity contribution in [2.75, 3.05) is 18.4 Å². The molecule has 2 heterocycles. The summed E-state index contributed by atoms with van der Waals surface area (Å²) in [7, 11) is 0. The monoisotopic (exact) mass is 222 g/mol. The Kier molecular flexibility index (Phi) is 3.31. The Hall–Kier alpha value is -1.69. The van der Waals surface area contributed by atoms with Crippen LogP contribution in [0.15, 0.2) is 16.9 Å². The van der Waals surface area contributed by atoms with E-state index in [4.69, 9.17) is 0 Å². The number of anilines is 1. The second-order valence-corrected chi connectivity index (χ2v) is 3.84. The van der Waals surface area contributed by atoms with Crippen molar-refractivity contribution in [3.63, 3.8) is 0 Å². The Bertz CT molecular complexity index is 403. The summed E-state index contributed by atoms with van der Waals surface area (Å²) >= 11 is 0. The fourth-order valence-electron chi connectivity index (χ4n) is 1.72. The van der Waals surface area contributed by atoms with Crippen molar-refractivity contribution in [2.24, 2.45) is 5.92 Å². The number of aromatic amines is 1. The van der Waals surface area contributed by atoms with Crippen LogP contribution >= 0.6 is 0 Å². The lowest BCUT2D eigenvalue weighted by atomic mass is 9.99. The molecule has 0 spiro atoms. The van der Waals surface area contributed by atoms with Crippen molar-refractivity contribution in [2.45, 2.75) is 12.8 Å². The van der Waals surface area contributed by atoms with Gasteiger partial charge in [-0.25, -0.2) is 5.10 Å². The summed E-state index contributed by atoms with van der Waals surface area (Å²) < 4.78 is 0. The van der Waals surface area contributed by atoms with Crippen LogP contribution in [0.3, 0.4) is 0 Å². The molecule has 0 aromatic carbocycles. The Morgan fingerprint density at radius 2 is 2.38 bits per heavy atom. The standard InChI is InChI=1S/C10H14N4O2/c15-9-4-3-8(13-14-9)12-10(16)7-2-1-5-11-6-7/h3-4,7,11H,1-2,5-6H2,(H,14,15)(H,12,13,16)/t7-/m0/s1. The first-order valence-corrected chi connectivity index (χ1v) is 5.33. The Balaban J connectivity index is 1.95. The third kappa shape index (κ3) is 2.66. The number of H-pyrrole nitrogens is 1. The number of piperidine rings is 1. The SMILES string of the molecule is O=C(Nc1ccc(=O)[nH]n1)[C@H]1CCCNC1. The van der Waals surface area contributed by atoms with Crippen LogP contribution in [0.5, 0.6) is 0 Å². The molecule has 1 atom stereocenters. The van der Waals surface area contributed by atoms with E-state index >= 15 is 0 Å². The highest BCUT2D eigenvalue weighted by molar-refractivity contribution is 5.91. The van der Waals surface area contributed by atoms with Crippen molar-refractivity contribution < 1.29 is 4.79 Å². The predicted molar refractivity (Wildman–Crippen MR) is 59.1 cm³/mol. The molecule has 1 aliphatic rings. The van der Waals surface area contributed by atoms with Crippen molar-refractivity contribution in [3.8, 4) is 0 Å². The zero-order valence-electron chi connectivity index (χ0n) is 8.82. The van der Waals surface area contributed by atoms with Gasteiger partial charge in [0, 0.05) is 12.6 Å². The van der Waals surface area contributed by atoms with Gasteiger partial charge in [0.05, 0.1) is 5.92 Å². The molecule has 2 rings (SSSR count). The van der Waals surface area contributed by atoms with Gasteiger partial charge in [-0.2, -0.15) is 5.10 Å². The van der Waals surface area contributed by atoms with Crippen LogP contribution in [0.4, 0.5) is 5.82 Å². The molecule has 1 aromatic heterocycles. The number of nitrogens with zero attached hydrogens (tertiary/aromatic N) is 1. The highest BCUT2D eigenvalue weighted by Crippen LogP contribution is 2.11. The van der Waals surface area contributed by atoms with Crippen LogP contribution in [-0.4, -0.2) is 29.2 Å². The Labute approximate surface area is 92.4 Å². The van der Waals surface area contributed by atoms with E-state index in [0.717, 1.165) is 19.4 Å². The van der Waals surface area contributed by atoms with Gasteiger partial charge in [0.25, 0.3) is 5.56 Å². The van der Waals surface area contributed by atoms with E-state index < -0.39 is 0 Å². The van der Waals surface area contributed by atoms with Gasteiger partial charge in [-0.3, -0.25) is 9.59 Å². The van der Waals surface area contributed by atoms with Crippen LogP contribution in [-0.2, 0) is 4.79 Å². The van der Waals surface area contributed by atoms with Gasteiger partial charge in [0.15, 0.2) is 5.82 Å². The number of hydrogen-bond acceptors (Lipinski definition) is 4. The topological polar surface area (TPSA) is 86.9 Å². The molecular formula is C10H14N4O2. The van der Waals surface area contributed by atoms with E-state index in [9.17, 15) is 9.59 Å². The fraction of sp³-hybridized carbons (Fsp3) is 0.500. The van der Waals surface area contributed by atoms with Crippen LogP contribution in [0.25, 0.3) is 0 Å². The number of nitrogens with one attached hydrogen (secondary N) is 3. The number of aromatic nitrogens is 2. The summed E-state index contributed by atoms with van der Waals surface area (Å²) in [6.45, 7) is 1.68. The van der Waals surface area contributed by atoms with Gasteiger partial charge in [0.2, 0.25) is 5.91 Å². The summed E-state index contributed by atoms with van der Waals surface area (Å²) in [5.74, 6) is 0.324. The minimum Gasteiger partial charge on any atom is -0.316 e. The summed E-state index contributed by atoms with van der Waals surface area (Å²) in [6.07, 6.45) is 1.90. The lowest BCUT2D eigenvalue weighted by Gasteiger charge is -2.21. The zero-order chi connectivity index (χ0) is 11.4. The molecule has 1 fully saturated rings. The van der Waals surface area contributed by atoms with Gasteiger partial charge in [-0.05, 0) is 25.5 Å². The molecule has 1 aromatic rings. The normalized spacial score (nSPS) is 20.4. The highest BCUT2D eigenvalue weighted by atomic mass is 16.2. The second kappa shape index (κ2) is 4.89. The smallest absolute Gasteiger partial charge is 0.264 e. The van der Waals surface area contributed by atoms with Crippen molar-refractivity contribution in [1.29, 1.82) is 0 Å². The molecule has 6 nitrogen and oxygen atoms in total. The third-order valence-electron chi connectivity index (χ3n) is 2.60. The van der Waals surface area contributed by atoms with E-state index in [0.29, 0.717) is 12.4 Å². The molecule has 0 radical (unpaired) electrons. The quantitative estimate of drug-likeness (QED) is 0.641. The Morgan fingerprint density at radius 1 is 1.50 bits per heavy atom. The lowest BCUT2D eigenvalue weighted by molar-refractivity contribution is -0.120. The molecule has 6 heteroatoms. The lowest BCUT2D eigenvalue weighted by Crippen LogP contribution is -2.37. The van der Waals surface area contributed by atoms with Crippen molar-refractivity contribution >= 4 is 11.7 Å². The second-order valence-electron chi connectivity index (χ2n) is 3.84. The number of carbonyl (C=O) groups is 1.